The molecule has 1 nitrogen and oxygen atoms in total. The van der Waals surface area contributed by atoms with E-state index >= 15 is 0 Å². The first-order chi connectivity index (χ1) is 7.04. The number of rotatable bonds is 4. The van der Waals surface area contributed by atoms with Crippen molar-refractivity contribution in [2.24, 2.45) is 17.6 Å². The zero-order valence-electron chi connectivity index (χ0n) is 10.4. The van der Waals surface area contributed by atoms with E-state index in [1.807, 2.05) is 0 Å². The quantitative estimate of drug-likeness (QED) is 0.803. The van der Waals surface area contributed by atoms with E-state index in [-0.39, 0.29) is 0 Å². The fraction of sp³-hybridized carbons (Fsp3) is 0.571. The first-order valence-electron chi connectivity index (χ1n) is 5.80. The van der Waals surface area contributed by atoms with Crippen molar-refractivity contribution in [3.8, 4) is 0 Å². The maximum absolute atomic E-state index is 5.68. The second kappa shape index (κ2) is 5.32. The molecule has 0 radical (unpaired) electrons. The van der Waals surface area contributed by atoms with E-state index in [2.05, 4.69) is 45.9 Å². The third-order valence-electron chi connectivity index (χ3n) is 3.47. The average molecular weight is 205 g/mol. The van der Waals surface area contributed by atoms with Crippen molar-refractivity contribution in [1.82, 2.24) is 0 Å². The second-order valence-electron chi connectivity index (χ2n) is 4.81. The van der Waals surface area contributed by atoms with E-state index in [9.17, 15) is 0 Å². The first kappa shape index (κ1) is 12.3. The Morgan fingerprint density at radius 2 is 1.73 bits per heavy atom. The molecule has 0 aromatic heterocycles. The molecule has 0 aliphatic heterocycles. The lowest BCUT2D eigenvalue weighted by molar-refractivity contribution is 0.394. The third kappa shape index (κ3) is 3.35. The van der Waals surface area contributed by atoms with Gasteiger partial charge in [-0.05, 0) is 55.3 Å². The van der Waals surface area contributed by atoms with E-state index in [1.54, 1.807) is 0 Å². The van der Waals surface area contributed by atoms with Crippen LogP contribution in [-0.2, 0) is 6.42 Å². The van der Waals surface area contributed by atoms with Crippen LogP contribution in [0.3, 0.4) is 0 Å². The summed E-state index contributed by atoms with van der Waals surface area (Å²) in [5.74, 6) is 1.27. The van der Waals surface area contributed by atoms with Gasteiger partial charge in [-0.1, -0.05) is 32.0 Å². The van der Waals surface area contributed by atoms with Crippen LogP contribution in [0.1, 0.15) is 30.5 Å². The average Bonchev–Trinajstić information content (AvgIpc) is 2.22. The Kier molecular flexibility index (Phi) is 4.34. The Labute approximate surface area is 93.7 Å². The smallest absolute Gasteiger partial charge is 0.00488 e. The predicted octanol–water partition coefficient (Wildman–Crippen LogP) is 3.08. The van der Waals surface area contributed by atoms with Crippen LogP contribution in [0, 0.1) is 25.7 Å². The Hall–Kier alpha value is -0.820. The first-order valence-corrected chi connectivity index (χ1v) is 5.80. The highest BCUT2D eigenvalue weighted by Gasteiger charge is 2.11. The minimum atomic E-state index is 0.603. The molecule has 2 atom stereocenters. The van der Waals surface area contributed by atoms with Gasteiger partial charge in [0.2, 0.25) is 0 Å². The van der Waals surface area contributed by atoms with Crippen LogP contribution in [0.4, 0.5) is 0 Å². The summed E-state index contributed by atoms with van der Waals surface area (Å²) in [5.41, 5.74) is 9.88. The van der Waals surface area contributed by atoms with Crippen LogP contribution in [0.25, 0.3) is 0 Å². The molecule has 0 saturated heterocycles. The summed E-state index contributed by atoms with van der Waals surface area (Å²) in [6.45, 7) is 9.63. The molecule has 2 N–H and O–H groups in total. The molecular weight excluding hydrogens is 182 g/mol. The lowest BCUT2D eigenvalue weighted by Crippen LogP contribution is -2.20. The predicted molar refractivity (Wildman–Crippen MR) is 67.0 cm³/mol. The SMILES string of the molecule is Cc1ccc(CC(C)C(C)CN)cc1C. The summed E-state index contributed by atoms with van der Waals surface area (Å²) in [6.07, 6.45) is 1.14. The highest BCUT2D eigenvalue weighted by molar-refractivity contribution is 5.30. The Bertz CT molecular complexity index is 317. The molecule has 1 aromatic rings. The van der Waals surface area contributed by atoms with Crippen molar-refractivity contribution < 1.29 is 0 Å². The van der Waals surface area contributed by atoms with Crippen LogP contribution in [0.5, 0.6) is 0 Å². The van der Waals surface area contributed by atoms with Gasteiger partial charge in [0.1, 0.15) is 0 Å². The molecule has 0 amide bonds. The molecule has 84 valence electrons. The van der Waals surface area contributed by atoms with E-state index in [0.717, 1.165) is 13.0 Å². The maximum atomic E-state index is 5.68. The van der Waals surface area contributed by atoms with Crippen molar-refractivity contribution >= 4 is 0 Å². The van der Waals surface area contributed by atoms with Gasteiger partial charge in [-0.25, -0.2) is 0 Å². The van der Waals surface area contributed by atoms with Crippen LogP contribution >= 0.6 is 0 Å². The standard InChI is InChI=1S/C14H23N/c1-10-5-6-14(7-11(10)2)8-12(3)13(4)9-15/h5-7,12-13H,8-9,15H2,1-4H3. The minimum Gasteiger partial charge on any atom is -0.330 e. The van der Waals surface area contributed by atoms with E-state index in [0.29, 0.717) is 11.8 Å². The van der Waals surface area contributed by atoms with Crippen molar-refractivity contribution in [3.05, 3.63) is 34.9 Å². The van der Waals surface area contributed by atoms with Crippen LogP contribution in [0.15, 0.2) is 18.2 Å². The molecule has 0 saturated carbocycles. The van der Waals surface area contributed by atoms with Crippen LogP contribution < -0.4 is 5.73 Å². The maximum Gasteiger partial charge on any atom is -0.00488 e. The van der Waals surface area contributed by atoms with Crippen molar-refractivity contribution in [3.63, 3.8) is 0 Å². The highest BCUT2D eigenvalue weighted by atomic mass is 14.5. The van der Waals surface area contributed by atoms with E-state index in [4.69, 9.17) is 5.73 Å². The summed E-state index contributed by atoms with van der Waals surface area (Å²) in [6, 6.07) is 6.75. The summed E-state index contributed by atoms with van der Waals surface area (Å²) in [5, 5.41) is 0. The molecule has 1 aromatic carbocycles. The van der Waals surface area contributed by atoms with Crippen LogP contribution in [-0.4, -0.2) is 6.54 Å². The molecule has 1 rings (SSSR count). The Balaban J connectivity index is 2.68. The van der Waals surface area contributed by atoms with E-state index in [1.165, 1.54) is 16.7 Å². The zero-order valence-corrected chi connectivity index (χ0v) is 10.4. The van der Waals surface area contributed by atoms with E-state index < -0.39 is 0 Å². The lowest BCUT2D eigenvalue weighted by Gasteiger charge is -2.18. The molecule has 0 spiro atoms. The van der Waals surface area contributed by atoms with Gasteiger partial charge in [-0.3, -0.25) is 0 Å². The van der Waals surface area contributed by atoms with Gasteiger partial charge in [-0.15, -0.1) is 0 Å². The summed E-state index contributed by atoms with van der Waals surface area (Å²) in [7, 11) is 0. The van der Waals surface area contributed by atoms with Crippen molar-refractivity contribution in [2.75, 3.05) is 6.54 Å². The third-order valence-corrected chi connectivity index (χ3v) is 3.47. The lowest BCUT2D eigenvalue weighted by atomic mass is 9.89. The summed E-state index contributed by atoms with van der Waals surface area (Å²) < 4.78 is 0. The molecule has 0 fully saturated rings. The molecule has 1 heteroatoms. The monoisotopic (exact) mass is 205 g/mol. The van der Waals surface area contributed by atoms with Gasteiger partial charge in [0.15, 0.2) is 0 Å². The van der Waals surface area contributed by atoms with Gasteiger partial charge in [0.25, 0.3) is 0 Å². The number of nitrogens with two attached hydrogens (primary N) is 1. The highest BCUT2D eigenvalue weighted by Crippen LogP contribution is 2.18. The number of aryl methyl sites for hydroxylation is 2. The van der Waals surface area contributed by atoms with Crippen molar-refractivity contribution in [2.45, 2.75) is 34.1 Å². The minimum absolute atomic E-state index is 0.603. The molecule has 15 heavy (non-hydrogen) atoms. The number of benzene rings is 1. The Morgan fingerprint density at radius 1 is 1.07 bits per heavy atom. The van der Waals surface area contributed by atoms with Gasteiger partial charge in [-0.2, -0.15) is 0 Å². The van der Waals surface area contributed by atoms with Crippen LogP contribution in [0.2, 0.25) is 0 Å². The topological polar surface area (TPSA) is 26.0 Å². The fourth-order valence-corrected chi connectivity index (χ4v) is 1.74. The summed E-state index contributed by atoms with van der Waals surface area (Å²) in [4.78, 5) is 0. The fourth-order valence-electron chi connectivity index (χ4n) is 1.74. The van der Waals surface area contributed by atoms with Crippen molar-refractivity contribution in [1.29, 1.82) is 0 Å². The number of hydrogen-bond acceptors (Lipinski definition) is 1. The molecule has 0 bridgehead atoms. The molecule has 0 aliphatic carbocycles. The molecule has 0 heterocycles. The molecule has 2 unspecified atom stereocenters. The largest absolute Gasteiger partial charge is 0.330 e. The van der Waals surface area contributed by atoms with Gasteiger partial charge in [0, 0.05) is 0 Å². The van der Waals surface area contributed by atoms with Gasteiger partial charge in [0.05, 0.1) is 0 Å². The normalized spacial score (nSPS) is 15.0. The molecular formula is C14H23N. The number of hydrogen-bond donors (Lipinski definition) is 1. The Morgan fingerprint density at radius 3 is 2.27 bits per heavy atom. The molecule has 0 aliphatic rings. The van der Waals surface area contributed by atoms with Gasteiger partial charge >= 0.3 is 0 Å². The second-order valence-corrected chi connectivity index (χ2v) is 4.81. The van der Waals surface area contributed by atoms with Gasteiger partial charge < -0.3 is 5.73 Å². The summed E-state index contributed by atoms with van der Waals surface area (Å²) >= 11 is 0. The zero-order chi connectivity index (χ0) is 11.4.